The van der Waals surface area contributed by atoms with Gasteiger partial charge in [-0.05, 0) is 35.4 Å². The van der Waals surface area contributed by atoms with E-state index in [1.54, 1.807) is 12.3 Å². The van der Waals surface area contributed by atoms with E-state index in [1.807, 2.05) is 36.4 Å². The Bertz CT molecular complexity index is 811. The van der Waals surface area contributed by atoms with Crippen LogP contribution in [0.15, 0.2) is 60.8 Å². The van der Waals surface area contributed by atoms with E-state index in [0.717, 1.165) is 22.0 Å². The van der Waals surface area contributed by atoms with Gasteiger partial charge in [0.1, 0.15) is 0 Å². The molecule has 0 spiro atoms. The lowest BCUT2D eigenvalue weighted by molar-refractivity contribution is 0.0999. The lowest BCUT2D eigenvalue weighted by atomic mass is 9.89. The number of nitrogens with two attached hydrogens (primary N) is 1. The number of pyridine rings is 1. The van der Waals surface area contributed by atoms with Crippen molar-refractivity contribution in [1.82, 2.24) is 4.98 Å². The number of fused-ring (bicyclic) bond motifs is 1. The molecule has 1 amide bonds. The van der Waals surface area contributed by atoms with Crippen molar-refractivity contribution in [3.05, 3.63) is 77.5 Å². The standard InChI is InChI=1S/C18H16N2O/c1-12(15-6-2-3-7-16(15)18(19)21)13-8-9-17-14(11-13)5-4-10-20-17/h2-12H,1H3,(H2,19,21)/t12-/m0/s1. The minimum Gasteiger partial charge on any atom is -0.366 e. The zero-order valence-electron chi connectivity index (χ0n) is 11.8. The first-order chi connectivity index (χ1) is 10.2. The number of rotatable bonds is 3. The molecule has 0 saturated heterocycles. The Labute approximate surface area is 123 Å². The van der Waals surface area contributed by atoms with Crippen LogP contribution in [0.1, 0.15) is 34.3 Å². The quantitative estimate of drug-likeness (QED) is 0.796. The van der Waals surface area contributed by atoms with E-state index in [9.17, 15) is 4.79 Å². The van der Waals surface area contributed by atoms with Gasteiger partial charge in [0.2, 0.25) is 5.91 Å². The van der Waals surface area contributed by atoms with E-state index < -0.39 is 0 Å². The number of hydrogen-bond donors (Lipinski definition) is 1. The molecule has 3 aromatic rings. The van der Waals surface area contributed by atoms with Crippen LogP contribution in [-0.4, -0.2) is 10.9 Å². The largest absolute Gasteiger partial charge is 0.366 e. The average molecular weight is 276 g/mol. The summed E-state index contributed by atoms with van der Waals surface area (Å²) >= 11 is 0. The Hall–Kier alpha value is -2.68. The van der Waals surface area contributed by atoms with E-state index in [-0.39, 0.29) is 11.8 Å². The highest BCUT2D eigenvalue weighted by molar-refractivity contribution is 5.94. The Morgan fingerprint density at radius 1 is 1.10 bits per heavy atom. The first-order valence-corrected chi connectivity index (χ1v) is 6.90. The Morgan fingerprint density at radius 2 is 1.90 bits per heavy atom. The summed E-state index contributed by atoms with van der Waals surface area (Å²) in [5.74, 6) is -0.293. The fraction of sp³-hybridized carbons (Fsp3) is 0.111. The molecule has 0 aliphatic rings. The number of hydrogen-bond acceptors (Lipinski definition) is 2. The molecule has 21 heavy (non-hydrogen) atoms. The molecule has 0 bridgehead atoms. The smallest absolute Gasteiger partial charge is 0.248 e. The Morgan fingerprint density at radius 3 is 2.71 bits per heavy atom. The molecule has 0 saturated carbocycles. The van der Waals surface area contributed by atoms with Crippen molar-refractivity contribution in [3.8, 4) is 0 Å². The molecule has 2 N–H and O–H groups in total. The van der Waals surface area contributed by atoms with Crippen LogP contribution in [0.25, 0.3) is 10.9 Å². The maximum Gasteiger partial charge on any atom is 0.248 e. The number of carbonyl (C=O) groups is 1. The minimum absolute atomic E-state index is 0.0957. The van der Waals surface area contributed by atoms with Crippen molar-refractivity contribution in [2.24, 2.45) is 5.73 Å². The lowest BCUT2D eigenvalue weighted by Crippen LogP contribution is -2.15. The molecule has 3 nitrogen and oxygen atoms in total. The van der Waals surface area contributed by atoms with Crippen molar-refractivity contribution in [2.75, 3.05) is 0 Å². The van der Waals surface area contributed by atoms with Crippen LogP contribution in [0, 0.1) is 0 Å². The van der Waals surface area contributed by atoms with Crippen molar-refractivity contribution >= 4 is 16.8 Å². The molecule has 0 aliphatic carbocycles. The average Bonchev–Trinajstić information content (AvgIpc) is 2.53. The third-order valence-corrected chi connectivity index (χ3v) is 3.82. The zero-order valence-corrected chi connectivity index (χ0v) is 11.8. The Balaban J connectivity index is 2.08. The summed E-state index contributed by atoms with van der Waals surface area (Å²) in [6.07, 6.45) is 1.79. The first-order valence-electron chi connectivity index (χ1n) is 6.90. The zero-order chi connectivity index (χ0) is 14.8. The van der Waals surface area contributed by atoms with E-state index in [1.165, 1.54) is 0 Å². The molecule has 2 aromatic carbocycles. The summed E-state index contributed by atoms with van der Waals surface area (Å²) < 4.78 is 0. The fourth-order valence-corrected chi connectivity index (χ4v) is 2.64. The van der Waals surface area contributed by atoms with Gasteiger partial charge in [0.05, 0.1) is 5.52 Å². The topological polar surface area (TPSA) is 56.0 Å². The molecule has 1 aromatic heterocycles. The third-order valence-electron chi connectivity index (χ3n) is 3.82. The third kappa shape index (κ3) is 2.50. The molecule has 1 heterocycles. The number of primary amides is 1. The number of amides is 1. The molecule has 3 rings (SSSR count). The minimum atomic E-state index is -0.389. The van der Waals surface area contributed by atoms with Gasteiger partial charge >= 0.3 is 0 Å². The van der Waals surface area contributed by atoms with Gasteiger partial charge in [0, 0.05) is 23.1 Å². The molecular formula is C18H16N2O. The van der Waals surface area contributed by atoms with Gasteiger partial charge in [-0.3, -0.25) is 9.78 Å². The van der Waals surface area contributed by atoms with Gasteiger partial charge in [-0.15, -0.1) is 0 Å². The predicted octanol–water partition coefficient (Wildman–Crippen LogP) is 3.49. The van der Waals surface area contributed by atoms with Gasteiger partial charge in [0.25, 0.3) is 0 Å². The summed E-state index contributed by atoms with van der Waals surface area (Å²) in [5.41, 5.74) is 9.12. The van der Waals surface area contributed by atoms with Crippen molar-refractivity contribution in [3.63, 3.8) is 0 Å². The van der Waals surface area contributed by atoms with Gasteiger partial charge in [-0.2, -0.15) is 0 Å². The van der Waals surface area contributed by atoms with Gasteiger partial charge in [-0.1, -0.05) is 37.3 Å². The van der Waals surface area contributed by atoms with E-state index in [0.29, 0.717) is 5.56 Å². The van der Waals surface area contributed by atoms with Crippen LogP contribution in [0.2, 0.25) is 0 Å². The molecule has 0 aliphatic heterocycles. The number of benzene rings is 2. The monoisotopic (exact) mass is 276 g/mol. The second-order valence-electron chi connectivity index (χ2n) is 5.13. The molecule has 0 fully saturated rings. The van der Waals surface area contributed by atoms with Crippen molar-refractivity contribution in [2.45, 2.75) is 12.8 Å². The summed E-state index contributed by atoms with van der Waals surface area (Å²) in [5, 5.41) is 1.10. The van der Waals surface area contributed by atoms with Crippen LogP contribution in [0.5, 0.6) is 0 Å². The van der Waals surface area contributed by atoms with Gasteiger partial charge in [0.15, 0.2) is 0 Å². The van der Waals surface area contributed by atoms with Gasteiger partial charge in [-0.25, -0.2) is 0 Å². The van der Waals surface area contributed by atoms with Crippen LogP contribution in [0.3, 0.4) is 0 Å². The molecule has 0 unspecified atom stereocenters. The molecule has 104 valence electrons. The summed E-state index contributed by atoms with van der Waals surface area (Å²) in [6, 6.07) is 17.6. The van der Waals surface area contributed by atoms with Crippen molar-refractivity contribution < 1.29 is 4.79 Å². The predicted molar refractivity (Wildman–Crippen MR) is 84.2 cm³/mol. The van der Waals surface area contributed by atoms with Crippen LogP contribution >= 0.6 is 0 Å². The SMILES string of the molecule is C[C@@H](c1ccc2ncccc2c1)c1ccccc1C(N)=O. The van der Waals surface area contributed by atoms with Crippen LogP contribution < -0.4 is 5.73 Å². The van der Waals surface area contributed by atoms with E-state index >= 15 is 0 Å². The fourth-order valence-electron chi connectivity index (χ4n) is 2.64. The second-order valence-corrected chi connectivity index (χ2v) is 5.13. The maximum atomic E-state index is 11.6. The Kier molecular flexibility index (Phi) is 3.40. The highest BCUT2D eigenvalue weighted by atomic mass is 16.1. The maximum absolute atomic E-state index is 11.6. The summed E-state index contributed by atoms with van der Waals surface area (Å²) in [4.78, 5) is 15.9. The van der Waals surface area contributed by atoms with Gasteiger partial charge < -0.3 is 5.73 Å². The number of nitrogens with zero attached hydrogens (tertiary/aromatic N) is 1. The first kappa shape index (κ1) is 13.3. The summed E-state index contributed by atoms with van der Waals surface area (Å²) in [6.45, 7) is 2.08. The molecule has 3 heteroatoms. The van der Waals surface area contributed by atoms with E-state index in [2.05, 4.69) is 24.0 Å². The number of aromatic nitrogens is 1. The molecular weight excluding hydrogens is 260 g/mol. The molecule has 1 atom stereocenters. The molecule has 0 radical (unpaired) electrons. The summed E-state index contributed by atoms with van der Waals surface area (Å²) in [7, 11) is 0. The highest BCUT2D eigenvalue weighted by Gasteiger charge is 2.15. The highest BCUT2D eigenvalue weighted by Crippen LogP contribution is 2.28. The van der Waals surface area contributed by atoms with E-state index in [4.69, 9.17) is 5.73 Å². The lowest BCUT2D eigenvalue weighted by Gasteiger charge is -2.16. The number of carbonyl (C=O) groups excluding carboxylic acids is 1. The van der Waals surface area contributed by atoms with Crippen LogP contribution in [0.4, 0.5) is 0 Å². The normalized spacial score (nSPS) is 12.2. The second kappa shape index (κ2) is 5.37. The van der Waals surface area contributed by atoms with Crippen LogP contribution in [-0.2, 0) is 0 Å². The van der Waals surface area contributed by atoms with Crippen molar-refractivity contribution in [1.29, 1.82) is 0 Å².